The molecule has 434 valence electrons. The van der Waals surface area contributed by atoms with Gasteiger partial charge in [0, 0.05) is 60.6 Å². The summed E-state index contributed by atoms with van der Waals surface area (Å²) < 4.78 is 2.15. The van der Waals surface area contributed by atoms with Gasteiger partial charge in [-0.15, -0.1) is 0 Å². The average Bonchev–Trinajstić information content (AvgIpc) is 2.03. The topological polar surface area (TPSA) is 46.5 Å². The van der Waals surface area contributed by atoms with Crippen LogP contribution in [0, 0.1) is 62.3 Å². The number of hydrogen-bond donors (Lipinski definition) is 1. The van der Waals surface area contributed by atoms with Crippen molar-refractivity contribution in [2.75, 3.05) is 0 Å². The van der Waals surface area contributed by atoms with E-state index in [1.807, 2.05) is 12.1 Å². The van der Waals surface area contributed by atoms with E-state index in [4.69, 9.17) is 9.97 Å². The number of rotatable bonds is 8. The van der Waals surface area contributed by atoms with Gasteiger partial charge in [-0.2, -0.15) is 0 Å². The van der Waals surface area contributed by atoms with Crippen LogP contribution in [0.15, 0.2) is 231 Å². The molecule has 12 rings (SSSR count). The summed E-state index contributed by atoms with van der Waals surface area (Å²) in [5.74, 6) is 2.05. The van der Waals surface area contributed by atoms with Crippen LogP contribution in [0.25, 0.3) is 66.8 Å². The van der Waals surface area contributed by atoms with Crippen molar-refractivity contribution in [3.8, 4) is 44.8 Å². The number of aryl methyl sites for hydroxylation is 11. The first-order valence-corrected chi connectivity index (χ1v) is 31.6. The number of imidazole rings is 2. The molecular weight excluding hydrogens is 1180 g/mol. The third-order valence-corrected chi connectivity index (χ3v) is 15.9. The predicted octanol–water partition coefficient (Wildman–Crippen LogP) is 20.5. The first-order chi connectivity index (χ1) is 42.1. The molecule has 10 aromatic carbocycles. The van der Waals surface area contributed by atoms with Crippen LogP contribution in [-0.2, 0) is 24.1 Å². The summed E-state index contributed by atoms with van der Waals surface area (Å²) in [7, 11) is 18.1. The van der Waals surface area contributed by atoms with Gasteiger partial charge < -0.3 is 9.55 Å². The molecule has 0 aliphatic rings. The Morgan fingerprint density at radius 1 is 0.391 bits per heavy atom. The largest absolute Gasteiger partial charge is 0.342 e. The minimum absolute atomic E-state index is 0.918. The van der Waals surface area contributed by atoms with Crippen molar-refractivity contribution in [3.63, 3.8) is 0 Å². The van der Waals surface area contributed by atoms with E-state index in [9.17, 15) is 0 Å². The summed E-state index contributed by atoms with van der Waals surface area (Å²) in [5, 5.41) is 1.84. The standard InChI is InChI=1S/C19H20N4.2C14H13Br.C14H14.2C8H10.2B2/c1-4-7-17-20-15-11-13(10-12(2)18(15)22-17)19-21-14-8-5-6-9-16(14)23(19)3;2*1-11-4-2-3-5-14(11)13-8-6-12(10-15)7-9-13;1-11-7-9-13(10-8-11)14-6-4-3-5-12(14)2;1-7-3-5-8(2)6-4-7;1-7-5-3-4-6-8(7)2;2*1-2/h5-6,8-11H,4,7H2,1-3H3,(H,20,22);2*2-9H,10H2,1H3;3-10H,1-2H3;2*3-6H,1-2H3;;. The molecule has 2 aromatic heterocycles. The molecule has 0 amide bonds. The predicted molar refractivity (Wildman–Crippen MR) is 389 cm³/mol. The van der Waals surface area contributed by atoms with E-state index in [-0.39, 0.29) is 0 Å². The van der Waals surface area contributed by atoms with Gasteiger partial charge >= 0.3 is 0 Å². The van der Waals surface area contributed by atoms with Crippen molar-refractivity contribution < 1.29 is 0 Å². The van der Waals surface area contributed by atoms with Crippen LogP contribution in [0.1, 0.15) is 80.4 Å². The lowest BCUT2D eigenvalue weighted by molar-refractivity contribution is 0.861. The molecule has 4 nitrogen and oxygen atoms in total. The Morgan fingerprint density at radius 3 is 1.11 bits per heavy atom. The van der Waals surface area contributed by atoms with Crippen LogP contribution >= 0.6 is 31.9 Å². The maximum absolute atomic E-state index is 4.80. The molecule has 87 heavy (non-hydrogen) atoms. The number of nitrogens with one attached hydrogen (secondary N) is 1. The molecule has 0 atom stereocenters. The molecule has 0 saturated carbocycles. The number of alkyl halides is 2. The maximum Gasteiger partial charge on any atom is 0.140 e. The first kappa shape index (κ1) is 70.1. The summed E-state index contributed by atoms with van der Waals surface area (Å²) in [6.07, 6.45) is 2.08. The smallest absolute Gasteiger partial charge is 0.140 e. The van der Waals surface area contributed by atoms with E-state index in [2.05, 4.69) is 367 Å². The molecule has 0 unspecified atom stereocenters. The van der Waals surface area contributed by atoms with Crippen molar-refractivity contribution in [1.82, 2.24) is 19.5 Å². The fraction of sp³-hybridized carbons (Fsp3) is 0.195. The Morgan fingerprint density at radius 2 is 0.747 bits per heavy atom. The lowest BCUT2D eigenvalue weighted by Crippen LogP contribution is -1.93. The SMILES string of the molecule is CCCc1nc2c(C)cc(-c3nc4ccccc4n3C)cc2[nH]1.Cc1ccc(-c2ccccc2C)cc1.Cc1ccc(C)cc1.Cc1ccccc1-c1ccc(CBr)cc1.Cc1ccccc1-c1ccc(CBr)cc1.Cc1ccccc1C.[B][B].[B][B]. The van der Waals surface area contributed by atoms with Gasteiger partial charge in [0.25, 0.3) is 0 Å². The number of aromatic nitrogens is 4. The number of para-hydroxylation sites is 2. The normalized spacial score (nSPS) is 10.0. The molecule has 0 aliphatic heterocycles. The van der Waals surface area contributed by atoms with Crippen LogP contribution in [-0.4, -0.2) is 50.5 Å². The second-order valence-corrected chi connectivity index (χ2v) is 22.4. The van der Waals surface area contributed by atoms with Crippen molar-refractivity contribution in [3.05, 3.63) is 298 Å². The Labute approximate surface area is 542 Å². The Balaban J connectivity index is 0.000000194. The molecule has 0 bridgehead atoms. The van der Waals surface area contributed by atoms with E-state index in [1.54, 1.807) is 0 Å². The molecule has 0 aliphatic carbocycles. The minimum atomic E-state index is 0.918. The van der Waals surface area contributed by atoms with E-state index < -0.39 is 0 Å². The van der Waals surface area contributed by atoms with Crippen LogP contribution in [0.5, 0.6) is 0 Å². The molecule has 0 saturated heterocycles. The van der Waals surface area contributed by atoms with Gasteiger partial charge in [-0.1, -0.05) is 262 Å². The van der Waals surface area contributed by atoms with E-state index >= 15 is 0 Å². The molecular formula is C77H80B4Br2N4. The third-order valence-electron chi connectivity index (χ3n) is 14.6. The highest BCUT2D eigenvalue weighted by atomic mass is 79.9. The summed E-state index contributed by atoms with van der Waals surface area (Å²) in [4.78, 5) is 13.0. The summed E-state index contributed by atoms with van der Waals surface area (Å²) >= 11 is 6.91. The monoisotopic (exact) mass is 1260 g/mol. The van der Waals surface area contributed by atoms with Crippen molar-refractivity contribution in [2.24, 2.45) is 7.05 Å². The second-order valence-electron chi connectivity index (χ2n) is 21.3. The Kier molecular flexibility index (Phi) is 29.9. The van der Waals surface area contributed by atoms with Crippen LogP contribution in [0.2, 0.25) is 0 Å². The molecule has 8 radical (unpaired) electrons. The third kappa shape index (κ3) is 21.3. The van der Waals surface area contributed by atoms with Crippen molar-refractivity contribution in [2.45, 2.75) is 92.7 Å². The molecule has 12 aromatic rings. The van der Waals surface area contributed by atoms with Crippen molar-refractivity contribution >= 4 is 84.9 Å². The van der Waals surface area contributed by atoms with Crippen LogP contribution < -0.4 is 0 Å². The van der Waals surface area contributed by atoms with Gasteiger partial charge in [-0.3, -0.25) is 0 Å². The van der Waals surface area contributed by atoms with Gasteiger partial charge in [0.2, 0.25) is 0 Å². The summed E-state index contributed by atoms with van der Waals surface area (Å²) in [6, 6.07) is 80.9. The maximum atomic E-state index is 4.80. The second kappa shape index (κ2) is 37.1. The summed E-state index contributed by atoms with van der Waals surface area (Å²) in [5.41, 5.74) is 27.8. The van der Waals surface area contributed by atoms with E-state index in [1.165, 1.54) is 94.6 Å². The zero-order valence-corrected chi connectivity index (χ0v) is 55.8. The average molecular weight is 1260 g/mol. The number of fused-ring (bicyclic) bond motifs is 2. The van der Waals surface area contributed by atoms with E-state index in [0.29, 0.717) is 0 Å². The molecule has 10 heteroatoms. The molecule has 0 spiro atoms. The van der Waals surface area contributed by atoms with Crippen molar-refractivity contribution in [1.29, 1.82) is 0 Å². The Hall–Kier alpha value is -7.64. The fourth-order valence-electron chi connectivity index (χ4n) is 9.50. The van der Waals surface area contributed by atoms with Gasteiger partial charge in [-0.25, -0.2) is 9.97 Å². The number of aromatic amines is 1. The van der Waals surface area contributed by atoms with Gasteiger partial charge in [-0.05, 0) is 171 Å². The van der Waals surface area contributed by atoms with Crippen LogP contribution in [0.3, 0.4) is 0 Å². The van der Waals surface area contributed by atoms with Crippen LogP contribution in [0.4, 0.5) is 0 Å². The lowest BCUT2D eigenvalue weighted by atomic mass is 9.81. The van der Waals surface area contributed by atoms with Gasteiger partial charge in [0.05, 0.1) is 22.1 Å². The Bertz CT molecular complexity index is 3820. The quantitative estimate of drug-likeness (QED) is 0.122. The molecule has 0 fully saturated rings. The molecule has 2 heterocycles. The fourth-order valence-corrected chi connectivity index (χ4v) is 10.2. The first-order valence-electron chi connectivity index (χ1n) is 29.3. The van der Waals surface area contributed by atoms with Gasteiger partial charge in [0.1, 0.15) is 11.6 Å². The zero-order chi connectivity index (χ0) is 63.3. The number of nitrogens with zero attached hydrogens (tertiary/aromatic N) is 3. The number of benzene rings is 10. The lowest BCUT2D eigenvalue weighted by Gasteiger charge is -2.06. The van der Waals surface area contributed by atoms with Gasteiger partial charge in [0.15, 0.2) is 0 Å². The number of H-pyrrole nitrogens is 1. The number of hydrogen-bond acceptors (Lipinski definition) is 2. The highest BCUT2D eigenvalue weighted by Crippen LogP contribution is 2.30. The van der Waals surface area contributed by atoms with E-state index in [0.717, 1.165) is 62.8 Å². The highest BCUT2D eigenvalue weighted by molar-refractivity contribution is 9.08. The number of halogens is 2. The zero-order valence-electron chi connectivity index (χ0n) is 52.7. The highest BCUT2D eigenvalue weighted by Gasteiger charge is 2.14. The molecule has 1 N–H and O–H groups in total. The minimum Gasteiger partial charge on any atom is -0.342 e. The summed E-state index contributed by atoms with van der Waals surface area (Å²) in [6.45, 7) is 21.3.